The lowest BCUT2D eigenvalue weighted by molar-refractivity contribution is -0.164. The van der Waals surface area contributed by atoms with Gasteiger partial charge in [0.25, 0.3) is 0 Å². The summed E-state index contributed by atoms with van der Waals surface area (Å²) in [6.07, 6.45) is 5.52. The fourth-order valence-electron chi connectivity index (χ4n) is 6.07. The summed E-state index contributed by atoms with van der Waals surface area (Å²) in [6.45, 7) is 11.3. The van der Waals surface area contributed by atoms with E-state index in [0.29, 0.717) is 18.0 Å². The van der Waals surface area contributed by atoms with Crippen LogP contribution in [0, 0.1) is 11.3 Å². The van der Waals surface area contributed by atoms with Gasteiger partial charge in [0.15, 0.2) is 5.60 Å². The zero-order valence-electron chi connectivity index (χ0n) is 24.8. The first kappa shape index (κ1) is 29.9. The molecule has 2 heterocycles. The van der Waals surface area contributed by atoms with E-state index in [2.05, 4.69) is 5.32 Å². The normalized spacial score (nSPS) is 24.6. The number of carbonyl (C=O) groups excluding carboxylic acids is 4. The fraction of sp³-hybridized carbons (Fsp3) is 0.677. The predicted molar refractivity (Wildman–Crippen MR) is 152 cm³/mol. The standard InChI is InChI=1S/C31H45N3O6/c1-29(2,3)25(32-24(35)17-21-13-9-7-10-14-21)26(36)34-20-31(18-23(34)27(37)39-30(4,5)6)19-33(28(38)40-31)22-15-11-8-12-16-22/h8,11-12,15-16,21,23,25H,7,9-10,13-14,17-20H2,1-6H3,(H,32,35)/t23-,25?,31+/m0/s1. The van der Waals surface area contributed by atoms with E-state index in [-0.39, 0.29) is 31.3 Å². The monoisotopic (exact) mass is 555 g/mol. The lowest BCUT2D eigenvalue weighted by Gasteiger charge is -2.36. The van der Waals surface area contributed by atoms with Gasteiger partial charge in [0.2, 0.25) is 11.8 Å². The number of carbonyl (C=O) groups is 4. The lowest BCUT2D eigenvalue weighted by atomic mass is 9.84. The fourth-order valence-corrected chi connectivity index (χ4v) is 6.07. The van der Waals surface area contributed by atoms with E-state index in [4.69, 9.17) is 9.47 Å². The van der Waals surface area contributed by atoms with Crippen molar-refractivity contribution in [1.82, 2.24) is 10.2 Å². The minimum Gasteiger partial charge on any atom is -0.458 e. The summed E-state index contributed by atoms with van der Waals surface area (Å²) in [5.41, 5.74) is -1.76. The van der Waals surface area contributed by atoms with Crippen molar-refractivity contribution in [2.75, 3.05) is 18.0 Å². The van der Waals surface area contributed by atoms with E-state index < -0.39 is 40.8 Å². The molecule has 3 amide bonds. The van der Waals surface area contributed by atoms with Crippen LogP contribution in [0.5, 0.6) is 0 Å². The van der Waals surface area contributed by atoms with Crippen LogP contribution in [0.3, 0.4) is 0 Å². The van der Waals surface area contributed by atoms with E-state index in [1.54, 1.807) is 20.8 Å². The first-order valence-electron chi connectivity index (χ1n) is 14.6. The molecular weight excluding hydrogens is 510 g/mol. The third-order valence-corrected chi connectivity index (χ3v) is 8.02. The molecule has 4 rings (SSSR count). The molecule has 1 aromatic rings. The summed E-state index contributed by atoms with van der Waals surface area (Å²) in [5.74, 6) is -0.735. The molecule has 3 aliphatic rings. The molecule has 2 saturated heterocycles. The number of para-hydroxylation sites is 1. The molecule has 1 unspecified atom stereocenters. The number of hydrogen-bond acceptors (Lipinski definition) is 6. The largest absolute Gasteiger partial charge is 0.458 e. The zero-order valence-corrected chi connectivity index (χ0v) is 24.8. The molecule has 2 aliphatic heterocycles. The van der Waals surface area contributed by atoms with Gasteiger partial charge in [-0.2, -0.15) is 0 Å². The van der Waals surface area contributed by atoms with Crippen molar-refractivity contribution in [3.05, 3.63) is 30.3 Å². The number of ether oxygens (including phenoxy) is 2. The lowest BCUT2D eigenvalue weighted by Crippen LogP contribution is -2.57. The quantitative estimate of drug-likeness (QED) is 0.505. The molecule has 1 spiro atoms. The number of rotatable bonds is 6. The first-order valence-corrected chi connectivity index (χ1v) is 14.6. The van der Waals surface area contributed by atoms with Crippen LogP contribution in [-0.4, -0.2) is 65.2 Å². The summed E-state index contributed by atoms with van der Waals surface area (Å²) < 4.78 is 11.6. The molecule has 0 bridgehead atoms. The maximum atomic E-state index is 14.2. The summed E-state index contributed by atoms with van der Waals surface area (Å²) in [7, 11) is 0. The SMILES string of the molecule is CC(C)(C)OC(=O)[C@@H]1C[C@@]2(CN(c3ccccc3)C(=O)O2)CN1C(=O)C(NC(=O)CC1CCCCC1)C(C)(C)C. The summed E-state index contributed by atoms with van der Waals surface area (Å²) >= 11 is 0. The molecular formula is C31H45N3O6. The molecule has 1 N–H and O–H groups in total. The number of nitrogens with one attached hydrogen (secondary N) is 1. The van der Waals surface area contributed by atoms with E-state index in [0.717, 1.165) is 25.7 Å². The third-order valence-electron chi connectivity index (χ3n) is 8.02. The topological polar surface area (TPSA) is 105 Å². The third kappa shape index (κ3) is 6.96. The molecule has 40 heavy (non-hydrogen) atoms. The summed E-state index contributed by atoms with van der Waals surface area (Å²) in [5, 5.41) is 3.01. The number of nitrogens with zero attached hydrogens (tertiary/aromatic N) is 2. The van der Waals surface area contributed by atoms with Crippen LogP contribution < -0.4 is 10.2 Å². The minimum atomic E-state index is -1.07. The van der Waals surface area contributed by atoms with Gasteiger partial charge in [0, 0.05) is 18.5 Å². The molecule has 0 aromatic heterocycles. The van der Waals surface area contributed by atoms with Gasteiger partial charge in [-0.1, -0.05) is 58.2 Å². The van der Waals surface area contributed by atoms with Crippen LogP contribution in [0.15, 0.2) is 30.3 Å². The smallest absolute Gasteiger partial charge is 0.415 e. The Morgan fingerprint density at radius 3 is 2.27 bits per heavy atom. The Balaban J connectivity index is 1.58. The van der Waals surface area contributed by atoms with Crippen LogP contribution in [0.25, 0.3) is 0 Å². The molecule has 3 atom stereocenters. The van der Waals surface area contributed by atoms with Gasteiger partial charge in [-0.25, -0.2) is 9.59 Å². The second kappa shape index (κ2) is 11.4. The second-order valence-electron chi connectivity index (χ2n) is 13.8. The summed E-state index contributed by atoms with van der Waals surface area (Å²) in [6, 6.07) is 7.38. The molecule has 1 saturated carbocycles. The highest BCUT2D eigenvalue weighted by Gasteiger charge is 2.58. The minimum absolute atomic E-state index is 0.0376. The van der Waals surface area contributed by atoms with E-state index in [1.165, 1.54) is 16.2 Å². The van der Waals surface area contributed by atoms with Gasteiger partial charge in [-0.05, 0) is 57.1 Å². The molecule has 1 aliphatic carbocycles. The van der Waals surface area contributed by atoms with Gasteiger partial charge in [0.1, 0.15) is 17.7 Å². The average Bonchev–Trinajstić information content (AvgIpc) is 3.40. The van der Waals surface area contributed by atoms with Crippen LogP contribution in [0.1, 0.15) is 86.5 Å². The molecule has 9 heteroatoms. The van der Waals surface area contributed by atoms with Gasteiger partial charge in [0.05, 0.1) is 13.1 Å². The number of amides is 3. The Labute approximate surface area is 237 Å². The number of likely N-dealkylation sites (tertiary alicyclic amines) is 1. The van der Waals surface area contributed by atoms with Crippen molar-refractivity contribution in [1.29, 1.82) is 0 Å². The Kier molecular flexibility index (Phi) is 8.52. The molecule has 3 fully saturated rings. The number of hydrogen-bond donors (Lipinski definition) is 1. The molecule has 1 aromatic carbocycles. The highest BCUT2D eigenvalue weighted by atomic mass is 16.6. The van der Waals surface area contributed by atoms with Crippen molar-refractivity contribution >= 4 is 29.6 Å². The van der Waals surface area contributed by atoms with Crippen molar-refractivity contribution in [3.8, 4) is 0 Å². The van der Waals surface area contributed by atoms with E-state index in [1.807, 2.05) is 51.1 Å². The van der Waals surface area contributed by atoms with Gasteiger partial charge >= 0.3 is 12.1 Å². The van der Waals surface area contributed by atoms with E-state index in [9.17, 15) is 19.2 Å². The Morgan fingerprint density at radius 2 is 1.68 bits per heavy atom. The predicted octanol–water partition coefficient (Wildman–Crippen LogP) is 4.83. The van der Waals surface area contributed by atoms with E-state index >= 15 is 0 Å². The van der Waals surface area contributed by atoms with Gasteiger partial charge in [-0.15, -0.1) is 0 Å². The highest BCUT2D eigenvalue weighted by Crippen LogP contribution is 2.40. The van der Waals surface area contributed by atoms with Crippen LogP contribution in [0.2, 0.25) is 0 Å². The van der Waals surface area contributed by atoms with Crippen molar-refractivity contribution in [3.63, 3.8) is 0 Å². The Bertz CT molecular complexity index is 1100. The average molecular weight is 556 g/mol. The van der Waals surface area contributed by atoms with Crippen molar-refractivity contribution in [2.24, 2.45) is 11.3 Å². The number of benzene rings is 1. The highest BCUT2D eigenvalue weighted by molar-refractivity contribution is 5.94. The van der Waals surface area contributed by atoms with Crippen LogP contribution in [0.4, 0.5) is 10.5 Å². The van der Waals surface area contributed by atoms with Crippen LogP contribution >= 0.6 is 0 Å². The number of esters is 1. The first-order chi connectivity index (χ1) is 18.7. The Morgan fingerprint density at radius 1 is 1.02 bits per heavy atom. The molecule has 0 radical (unpaired) electrons. The summed E-state index contributed by atoms with van der Waals surface area (Å²) in [4.78, 5) is 56.8. The van der Waals surface area contributed by atoms with Crippen molar-refractivity contribution < 1.29 is 28.7 Å². The molecule has 9 nitrogen and oxygen atoms in total. The van der Waals surface area contributed by atoms with Gasteiger partial charge < -0.3 is 19.7 Å². The van der Waals surface area contributed by atoms with Gasteiger partial charge in [-0.3, -0.25) is 14.5 Å². The second-order valence-corrected chi connectivity index (χ2v) is 13.8. The molecule has 220 valence electrons. The number of anilines is 1. The van der Waals surface area contributed by atoms with Crippen LogP contribution in [-0.2, 0) is 23.9 Å². The van der Waals surface area contributed by atoms with Crippen molar-refractivity contribution in [2.45, 2.75) is 110 Å². The maximum absolute atomic E-state index is 14.2. The maximum Gasteiger partial charge on any atom is 0.415 e. The Hall–Kier alpha value is -3.10. The zero-order chi connectivity index (χ0) is 29.3.